The van der Waals surface area contributed by atoms with Crippen LogP contribution in [-0.4, -0.2) is 16.7 Å². The van der Waals surface area contributed by atoms with Crippen molar-refractivity contribution in [2.75, 3.05) is 0 Å². The summed E-state index contributed by atoms with van der Waals surface area (Å²) >= 11 is 0. The fraction of sp³-hybridized carbons (Fsp3) is 0.545. The van der Waals surface area contributed by atoms with Gasteiger partial charge in [-0.15, -0.1) is 0 Å². The molecule has 14 heavy (non-hydrogen) atoms. The van der Waals surface area contributed by atoms with Gasteiger partial charge in [-0.1, -0.05) is 11.2 Å². The summed E-state index contributed by atoms with van der Waals surface area (Å²) in [6, 6.07) is 2.64. The second-order valence-corrected chi connectivity index (χ2v) is 4.33. The van der Waals surface area contributed by atoms with Gasteiger partial charge in [-0.2, -0.15) is 0 Å². The van der Waals surface area contributed by atoms with Crippen LogP contribution in [0, 0.1) is 0 Å². The van der Waals surface area contributed by atoms with E-state index in [4.69, 9.17) is 4.52 Å². The molecule has 3 heteroatoms. The van der Waals surface area contributed by atoms with Crippen LogP contribution in [0.2, 0.25) is 0 Å². The van der Waals surface area contributed by atoms with Crippen LogP contribution < -0.4 is 5.32 Å². The summed E-state index contributed by atoms with van der Waals surface area (Å²) in [5.74, 6) is 0. The maximum absolute atomic E-state index is 4.79. The van der Waals surface area contributed by atoms with Crippen molar-refractivity contribution in [1.29, 1.82) is 0 Å². The summed E-state index contributed by atoms with van der Waals surface area (Å²) in [4.78, 5) is 0. The number of aromatic nitrogens is 1. The zero-order valence-electron chi connectivity index (χ0n) is 8.07. The first-order chi connectivity index (χ1) is 6.86. The second-order valence-electron chi connectivity index (χ2n) is 4.33. The Bertz CT molecular complexity index is 334. The van der Waals surface area contributed by atoms with Gasteiger partial charge in [0.15, 0.2) is 0 Å². The van der Waals surface area contributed by atoms with Crippen LogP contribution in [-0.2, 0) is 0 Å². The molecule has 1 aromatic rings. The normalized spacial score (nSPS) is 35.9. The Labute approximate surface area is 83.2 Å². The number of hydrogen-bond acceptors (Lipinski definition) is 3. The minimum atomic E-state index is 0.267. The van der Waals surface area contributed by atoms with Crippen molar-refractivity contribution in [2.45, 2.75) is 37.3 Å². The van der Waals surface area contributed by atoms with Crippen LogP contribution in [0.3, 0.4) is 0 Å². The molecule has 1 aromatic heterocycles. The molecular formula is C11H14N2O. The van der Waals surface area contributed by atoms with E-state index in [1.807, 2.05) is 6.07 Å². The molecule has 3 nitrogen and oxygen atoms in total. The SMILES string of the molecule is C(=CC12CCC(CC1)N2)c1ccon1. The summed E-state index contributed by atoms with van der Waals surface area (Å²) in [6.45, 7) is 0. The fourth-order valence-corrected chi connectivity index (χ4v) is 2.60. The molecule has 0 amide bonds. The minimum Gasteiger partial charge on any atom is -0.364 e. The zero-order valence-corrected chi connectivity index (χ0v) is 8.07. The van der Waals surface area contributed by atoms with Crippen molar-refractivity contribution in [1.82, 2.24) is 10.5 Å². The van der Waals surface area contributed by atoms with E-state index < -0.39 is 0 Å². The van der Waals surface area contributed by atoms with Gasteiger partial charge >= 0.3 is 0 Å². The molecule has 0 aliphatic carbocycles. The van der Waals surface area contributed by atoms with Gasteiger partial charge in [0, 0.05) is 17.6 Å². The first-order valence-electron chi connectivity index (χ1n) is 5.24. The van der Waals surface area contributed by atoms with Crippen LogP contribution in [0.4, 0.5) is 0 Å². The van der Waals surface area contributed by atoms with Crippen LogP contribution in [0.5, 0.6) is 0 Å². The van der Waals surface area contributed by atoms with Gasteiger partial charge in [0.2, 0.25) is 0 Å². The molecule has 0 atom stereocenters. The van der Waals surface area contributed by atoms with E-state index in [1.54, 1.807) is 6.26 Å². The highest BCUT2D eigenvalue weighted by atomic mass is 16.5. The summed E-state index contributed by atoms with van der Waals surface area (Å²) in [7, 11) is 0. The lowest BCUT2D eigenvalue weighted by molar-refractivity contribution is 0.418. The summed E-state index contributed by atoms with van der Waals surface area (Å²) < 4.78 is 4.79. The predicted octanol–water partition coefficient (Wildman–Crippen LogP) is 1.97. The second kappa shape index (κ2) is 2.95. The van der Waals surface area contributed by atoms with E-state index in [1.165, 1.54) is 25.7 Å². The van der Waals surface area contributed by atoms with Crippen LogP contribution >= 0.6 is 0 Å². The van der Waals surface area contributed by atoms with Crippen LogP contribution in [0.15, 0.2) is 22.9 Å². The highest BCUT2D eigenvalue weighted by Crippen LogP contribution is 2.38. The number of nitrogens with zero attached hydrogens (tertiary/aromatic N) is 1. The summed E-state index contributed by atoms with van der Waals surface area (Å²) in [5.41, 5.74) is 1.18. The van der Waals surface area contributed by atoms with Gasteiger partial charge in [0.05, 0.1) is 0 Å². The summed E-state index contributed by atoms with van der Waals surface area (Å²) in [5, 5.41) is 7.53. The Morgan fingerprint density at radius 2 is 2.36 bits per heavy atom. The quantitative estimate of drug-likeness (QED) is 0.774. The molecule has 2 aliphatic heterocycles. The Morgan fingerprint density at radius 3 is 2.93 bits per heavy atom. The Balaban J connectivity index is 1.78. The molecule has 0 spiro atoms. The molecule has 3 rings (SSSR count). The molecule has 2 bridgehead atoms. The molecule has 0 saturated carbocycles. The average Bonchev–Trinajstić information content (AvgIpc) is 2.93. The molecule has 3 heterocycles. The smallest absolute Gasteiger partial charge is 0.124 e. The van der Waals surface area contributed by atoms with Crippen molar-refractivity contribution < 1.29 is 4.52 Å². The minimum absolute atomic E-state index is 0.267. The van der Waals surface area contributed by atoms with Crippen molar-refractivity contribution in [3.05, 3.63) is 24.1 Å². The monoisotopic (exact) mass is 190 g/mol. The number of fused-ring (bicyclic) bond motifs is 2. The van der Waals surface area contributed by atoms with E-state index in [2.05, 4.69) is 22.6 Å². The largest absolute Gasteiger partial charge is 0.364 e. The Morgan fingerprint density at radius 1 is 1.50 bits per heavy atom. The van der Waals surface area contributed by atoms with E-state index in [0.29, 0.717) is 0 Å². The highest BCUT2D eigenvalue weighted by Gasteiger charge is 2.42. The molecule has 1 N–H and O–H groups in total. The van der Waals surface area contributed by atoms with Gasteiger partial charge in [-0.25, -0.2) is 0 Å². The van der Waals surface area contributed by atoms with Gasteiger partial charge in [-0.3, -0.25) is 0 Å². The number of nitrogens with one attached hydrogen (secondary N) is 1. The lowest BCUT2D eigenvalue weighted by Crippen LogP contribution is -2.33. The zero-order chi connectivity index (χ0) is 9.43. The van der Waals surface area contributed by atoms with Crippen LogP contribution in [0.25, 0.3) is 6.08 Å². The third kappa shape index (κ3) is 1.28. The molecule has 2 fully saturated rings. The van der Waals surface area contributed by atoms with E-state index >= 15 is 0 Å². The maximum Gasteiger partial charge on any atom is 0.124 e. The Hall–Kier alpha value is -1.09. The summed E-state index contributed by atoms with van der Waals surface area (Å²) in [6.07, 6.45) is 11.1. The average molecular weight is 190 g/mol. The maximum atomic E-state index is 4.79. The molecule has 2 saturated heterocycles. The van der Waals surface area contributed by atoms with Crippen molar-refractivity contribution in [2.24, 2.45) is 0 Å². The molecular weight excluding hydrogens is 176 g/mol. The van der Waals surface area contributed by atoms with Crippen LogP contribution in [0.1, 0.15) is 31.4 Å². The molecule has 74 valence electrons. The van der Waals surface area contributed by atoms with Gasteiger partial charge in [0.25, 0.3) is 0 Å². The Kier molecular flexibility index (Phi) is 1.74. The number of hydrogen-bond donors (Lipinski definition) is 1. The molecule has 0 aromatic carbocycles. The first-order valence-corrected chi connectivity index (χ1v) is 5.24. The van der Waals surface area contributed by atoms with Gasteiger partial charge in [-0.05, 0) is 31.8 Å². The van der Waals surface area contributed by atoms with Gasteiger partial charge in [0.1, 0.15) is 12.0 Å². The van der Waals surface area contributed by atoms with E-state index in [0.717, 1.165) is 11.7 Å². The lowest BCUT2D eigenvalue weighted by atomic mass is 9.87. The number of rotatable bonds is 2. The first kappa shape index (κ1) is 8.24. The topological polar surface area (TPSA) is 38.1 Å². The van der Waals surface area contributed by atoms with Crippen molar-refractivity contribution >= 4 is 6.08 Å². The molecule has 0 unspecified atom stereocenters. The van der Waals surface area contributed by atoms with E-state index in [-0.39, 0.29) is 5.54 Å². The molecule has 2 aliphatic rings. The third-order valence-electron chi connectivity index (χ3n) is 3.40. The fourth-order valence-electron chi connectivity index (χ4n) is 2.60. The van der Waals surface area contributed by atoms with Crippen molar-refractivity contribution in [3.8, 4) is 0 Å². The standard InChI is InChI=1S/C11H14N2O/c1-5-11(6-2-9(1)12-11)7-3-10-4-8-14-13-10/h3-4,7-9,12H,1-2,5-6H2. The highest BCUT2D eigenvalue weighted by molar-refractivity contribution is 5.46. The van der Waals surface area contributed by atoms with E-state index in [9.17, 15) is 0 Å². The predicted molar refractivity (Wildman–Crippen MR) is 53.7 cm³/mol. The van der Waals surface area contributed by atoms with Crippen molar-refractivity contribution in [3.63, 3.8) is 0 Å². The lowest BCUT2D eigenvalue weighted by Gasteiger charge is -2.20. The molecule has 0 radical (unpaired) electrons. The van der Waals surface area contributed by atoms with Gasteiger partial charge < -0.3 is 9.84 Å². The third-order valence-corrected chi connectivity index (χ3v) is 3.40.